The largest absolute Gasteiger partial charge is 0.492 e. The predicted octanol–water partition coefficient (Wildman–Crippen LogP) is 0.724. The van der Waals surface area contributed by atoms with Crippen molar-refractivity contribution in [2.24, 2.45) is 0 Å². The second-order valence-corrected chi connectivity index (χ2v) is 8.13. The van der Waals surface area contributed by atoms with Crippen LogP contribution in [0, 0.1) is 0 Å². The fourth-order valence-electron chi connectivity index (χ4n) is 2.69. The van der Waals surface area contributed by atoms with Crippen molar-refractivity contribution in [3.8, 4) is 5.75 Å². The molecular formula is C18H25N5O4S. The van der Waals surface area contributed by atoms with E-state index >= 15 is 0 Å². The lowest BCUT2D eigenvalue weighted by Gasteiger charge is -2.28. The molecule has 28 heavy (non-hydrogen) atoms. The number of anilines is 2. The minimum Gasteiger partial charge on any atom is -0.492 e. The highest BCUT2D eigenvalue weighted by atomic mass is 32.2. The van der Waals surface area contributed by atoms with Gasteiger partial charge in [-0.2, -0.15) is 5.10 Å². The topological polar surface area (TPSA) is 106 Å². The SMILES string of the molecule is O=S(=O)(CCOc1ccccc1)NCCNc1cc(N2CCOCC2)cnn1. The van der Waals surface area contributed by atoms with Crippen molar-refractivity contribution in [2.45, 2.75) is 0 Å². The molecule has 0 bridgehead atoms. The molecule has 9 nitrogen and oxygen atoms in total. The number of aromatic nitrogens is 2. The fraction of sp³-hybridized carbons (Fsp3) is 0.444. The fourth-order valence-corrected chi connectivity index (χ4v) is 3.55. The van der Waals surface area contributed by atoms with E-state index in [-0.39, 0.29) is 18.9 Å². The van der Waals surface area contributed by atoms with E-state index < -0.39 is 10.0 Å². The first-order chi connectivity index (χ1) is 13.6. The third-order valence-electron chi connectivity index (χ3n) is 4.13. The zero-order valence-electron chi connectivity index (χ0n) is 15.6. The minimum atomic E-state index is -3.40. The molecule has 1 aromatic heterocycles. The second kappa shape index (κ2) is 10.2. The van der Waals surface area contributed by atoms with Crippen LogP contribution in [0.25, 0.3) is 0 Å². The van der Waals surface area contributed by atoms with Gasteiger partial charge in [-0.15, -0.1) is 5.10 Å². The molecule has 0 atom stereocenters. The van der Waals surface area contributed by atoms with E-state index in [0.29, 0.717) is 31.3 Å². The molecule has 1 aliphatic heterocycles. The molecule has 1 aliphatic rings. The summed E-state index contributed by atoms with van der Waals surface area (Å²) in [4.78, 5) is 2.18. The molecule has 0 amide bonds. The van der Waals surface area contributed by atoms with Crippen molar-refractivity contribution in [2.75, 3.05) is 62.0 Å². The van der Waals surface area contributed by atoms with Gasteiger partial charge in [0.25, 0.3) is 0 Å². The first-order valence-corrected chi connectivity index (χ1v) is 10.8. The van der Waals surface area contributed by atoms with Gasteiger partial charge in [-0.3, -0.25) is 0 Å². The zero-order valence-corrected chi connectivity index (χ0v) is 16.4. The molecule has 2 aromatic rings. The lowest BCUT2D eigenvalue weighted by molar-refractivity contribution is 0.122. The normalized spacial score (nSPS) is 14.6. The summed E-state index contributed by atoms with van der Waals surface area (Å²) >= 11 is 0. The Kier molecular flexibility index (Phi) is 7.40. The van der Waals surface area contributed by atoms with Crippen molar-refractivity contribution in [3.05, 3.63) is 42.6 Å². The molecule has 1 aromatic carbocycles. The lowest BCUT2D eigenvalue weighted by atomic mass is 10.3. The van der Waals surface area contributed by atoms with Gasteiger partial charge < -0.3 is 19.7 Å². The van der Waals surface area contributed by atoms with Crippen molar-refractivity contribution in [1.29, 1.82) is 0 Å². The molecule has 0 spiro atoms. The Morgan fingerprint density at radius 1 is 1.14 bits per heavy atom. The first-order valence-electron chi connectivity index (χ1n) is 9.17. The van der Waals surface area contributed by atoms with Crippen LogP contribution < -0.4 is 19.7 Å². The zero-order chi connectivity index (χ0) is 19.7. The first kappa shape index (κ1) is 20.3. The van der Waals surface area contributed by atoms with Crippen molar-refractivity contribution >= 4 is 21.5 Å². The molecule has 3 rings (SSSR count). The van der Waals surface area contributed by atoms with Crippen LogP contribution in [0.4, 0.5) is 11.5 Å². The van der Waals surface area contributed by atoms with Crippen LogP contribution in [0.5, 0.6) is 5.75 Å². The number of nitrogens with one attached hydrogen (secondary N) is 2. The number of hydrogen-bond acceptors (Lipinski definition) is 8. The molecule has 0 saturated carbocycles. The second-order valence-electron chi connectivity index (χ2n) is 6.20. The quantitative estimate of drug-likeness (QED) is 0.555. The molecule has 152 valence electrons. The van der Waals surface area contributed by atoms with Gasteiger partial charge in [0, 0.05) is 32.2 Å². The molecular weight excluding hydrogens is 382 g/mol. The van der Waals surface area contributed by atoms with E-state index in [1.54, 1.807) is 18.3 Å². The van der Waals surface area contributed by atoms with Crippen molar-refractivity contribution < 1.29 is 17.9 Å². The van der Waals surface area contributed by atoms with Crippen molar-refractivity contribution in [3.63, 3.8) is 0 Å². The maximum absolute atomic E-state index is 12.0. The molecule has 0 aliphatic carbocycles. The minimum absolute atomic E-state index is 0.0971. The number of rotatable bonds is 10. The third-order valence-corrected chi connectivity index (χ3v) is 5.48. The van der Waals surface area contributed by atoms with E-state index in [1.165, 1.54) is 0 Å². The number of nitrogens with zero attached hydrogens (tertiary/aromatic N) is 3. The van der Waals surface area contributed by atoms with E-state index in [1.807, 2.05) is 24.3 Å². The van der Waals surface area contributed by atoms with Gasteiger partial charge in [-0.1, -0.05) is 18.2 Å². The van der Waals surface area contributed by atoms with Gasteiger partial charge in [0.05, 0.1) is 30.9 Å². The summed E-state index contributed by atoms with van der Waals surface area (Å²) < 4.78 is 37.4. The Morgan fingerprint density at radius 3 is 2.71 bits per heavy atom. The highest BCUT2D eigenvalue weighted by Crippen LogP contribution is 2.16. The van der Waals surface area contributed by atoms with Gasteiger partial charge in [0.2, 0.25) is 10.0 Å². The Balaban J connectivity index is 1.37. The highest BCUT2D eigenvalue weighted by molar-refractivity contribution is 7.89. The van der Waals surface area contributed by atoms with Crippen LogP contribution in [0.1, 0.15) is 0 Å². The Morgan fingerprint density at radius 2 is 1.93 bits per heavy atom. The molecule has 0 radical (unpaired) electrons. The van der Waals surface area contributed by atoms with Gasteiger partial charge in [-0.25, -0.2) is 13.1 Å². The van der Waals surface area contributed by atoms with Crippen LogP contribution in [0.2, 0.25) is 0 Å². The molecule has 10 heteroatoms. The van der Waals surface area contributed by atoms with Gasteiger partial charge >= 0.3 is 0 Å². The van der Waals surface area contributed by atoms with E-state index in [2.05, 4.69) is 25.1 Å². The average molecular weight is 407 g/mol. The monoisotopic (exact) mass is 407 g/mol. The molecule has 1 saturated heterocycles. The van der Waals surface area contributed by atoms with Crippen molar-refractivity contribution in [1.82, 2.24) is 14.9 Å². The number of para-hydroxylation sites is 1. The number of morpholine rings is 1. The van der Waals surface area contributed by atoms with Gasteiger partial charge in [0.1, 0.15) is 12.4 Å². The summed E-state index contributed by atoms with van der Waals surface area (Å²) in [5.41, 5.74) is 0.972. The van der Waals surface area contributed by atoms with Crippen LogP contribution in [-0.4, -0.2) is 70.4 Å². The summed E-state index contributed by atoms with van der Waals surface area (Å²) in [5, 5.41) is 11.1. The van der Waals surface area contributed by atoms with E-state index in [9.17, 15) is 8.42 Å². The maximum Gasteiger partial charge on any atom is 0.215 e. The summed E-state index contributed by atoms with van der Waals surface area (Å²) in [6, 6.07) is 11.0. The Hall–Kier alpha value is -2.43. The smallest absolute Gasteiger partial charge is 0.215 e. The third kappa shape index (κ3) is 6.63. The molecule has 2 heterocycles. The molecule has 2 N–H and O–H groups in total. The predicted molar refractivity (Wildman–Crippen MR) is 107 cm³/mol. The molecule has 0 unspecified atom stereocenters. The maximum atomic E-state index is 12.0. The van der Waals surface area contributed by atoms with Gasteiger partial charge in [0.15, 0.2) is 5.82 Å². The van der Waals surface area contributed by atoms with Gasteiger partial charge in [-0.05, 0) is 12.1 Å². The van der Waals surface area contributed by atoms with E-state index in [4.69, 9.17) is 9.47 Å². The van der Waals surface area contributed by atoms with Crippen LogP contribution in [0.15, 0.2) is 42.6 Å². The standard InChI is InChI=1S/C18H25N5O4S/c24-28(25,13-12-27-17-4-2-1-3-5-17)21-7-6-19-18-14-16(15-20-22-18)23-8-10-26-11-9-23/h1-5,14-15,21H,6-13H2,(H,19,22). The summed E-state index contributed by atoms with van der Waals surface area (Å²) in [6.45, 7) is 3.77. The summed E-state index contributed by atoms with van der Waals surface area (Å²) in [5.74, 6) is 1.16. The average Bonchev–Trinajstić information content (AvgIpc) is 2.73. The summed E-state index contributed by atoms with van der Waals surface area (Å²) in [6.07, 6.45) is 1.71. The van der Waals surface area contributed by atoms with Crippen LogP contribution in [0.3, 0.4) is 0 Å². The number of hydrogen-bond donors (Lipinski definition) is 2. The Labute approximate surface area is 165 Å². The van der Waals surface area contributed by atoms with Crippen LogP contribution >= 0.6 is 0 Å². The number of ether oxygens (including phenoxy) is 2. The number of sulfonamides is 1. The lowest BCUT2D eigenvalue weighted by Crippen LogP contribution is -2.36. The van der Waals surface area contributed by atoms with Crippen LogP contribution in [-0.2, 0) is 14.8 Å². The summed E-state index contributed by atoms with van der Waals surface area (Å²) in [7, 11) is -3.40. The number of benzene rings is 1. The molecule has 1 fully saturated rings. The Bertz CT molecular complexity index is 829. The van der Waals surface area contributed by atoms with E-state index in [0.717, 1.165) is 18.8 Å². The highest BCUT2D eigenvalue weighted by Gasteiger charge is 2.13.